The molecule has 1 aromatic carbocycles. The van der Waals surface area contributed by atoms with Crippen LogP contribution in [0.25, 0.3) is 0 Å². The SMILES string of the molecule is c1ccc(N2CCN[C@@H]3CCC[C@@H]32)cc1. The van der Waals surface area contributed by atoms with E-state index in [4.69, 9.17) is 0 Å². The summed E-state index contributed by atoms with van der Waals surface area (Å²) in [4.78, 5) is 2.59. The van der Waals surface area contributed by atoms with Crippen molar-refractivity contribution in [3.63, 3.8) is 0 Å². The molecule has 1 aliphatic carbocycles. The Morgan fingerprint density at radius 3 is 2.87 bits per heavy atom. The van der Waals surface area contributed by atoms with Gasteiger partial charge in [-0.05, 0) is 31.4 Å². The van der Waals surface area contributed by atoms with Gasteiger partial charge in [0.25, 0.3) is 0 Å². The molecule has 0 unspecified atom stereocenters. The summed E-state index contributed by atoms with van der Waals surface area (Å²) in [6, 6.07) is 12.3. The van der Waals surface area contributed by atoms with Gasteiger partial charge in [-0.2, -0.15) is 0 Å². The molecule has 2 aliphatic rings. The van der Waals surface area contributed by atoms with Crippen molar-refractivity contribution < 1.29 is 0 Å². The number of rotatable bonds is 1. The Morgan fingerprint density at radius 1 is 1.13 bits per heavy atom. The fraction of sp³-hybridized carbons (Fsp3) is 0.538. The maximum absolute atomic E-state index is 3.64. The highest BCUT2D eigenvalue weighted by atomic mass is 15.2. The Bertz CT molecular complexity index is 323. The Morgan fingerprint density at radius 2 is 2.00 bits per heavy atom. The molecule has 0 radical (unpaired) electrons. The van der Waals surface area contributed by atoms with E-state index < -0.39 is 0 Å². The van der Waals surface area contributed by atoms with Gasteiger partial charge in [-0.15, -0.1) is 0 Å². The lowest BCUT2D eigenvalue weighted by Crippen LogP contribution is -2.55. The van der Waals surface area contributed by atoms with Crippen molar-refractivity contribution >= 4 is 5.69 Å². The van der Waals surface area contributed by atoms with Crippen molar-refractivity contribution in [3.05, 3.63) is 30.3 Å². The molecule has 3 rings (SSSR count). The van der Waals surface area contributed by atoms with Gasteiger partial charge in [-0.3, -0.25) is 0 Å². The number of nitrogens with one attached hydrogen (secondary N) is 1. The topological polar surface area (TPSA) is 15.3 Å². The highest BCUT2D eigenvalue weighted by Gasteiger charge is 2.34. The van der Waals surface area contributed by atoms with Gasteiger partial charge in [0.15, 0.2) is 0 Å². The number of nitrogens with zero attached hydrogens (tertiary/aromatic N) is 1. The van der Waals surface area contributed by atoms with Crippen LogP contribution in [-0.4, -0.2) is 25.2 Å². The molecule has 1 saturated carbocycles. The van der Waals surface area contributed by atoms with Crippen LogP contribution in [0.1, 0.15) is 19.3 Å². The van der Waals surface area contributed by atoms with Gasteiger partial charge in [0.1, 0.15) is 0 Å². The van der Waals surface area contributed by atoms with Crippen LogP contribution in [0, 0.1) is 0 Å². The number of hydrogen-bond donors (Lipinski definition) is 1. The Labute approximate surface area is 91.3 Å². The van der Waals surface area contributed by atoms with Crippen molar-refractivity contribution in [1.82, 2.24) is 5.32 Å². The molecule has 80 valence electrons. The molecule has 2 heteroatoms. The molecular formula is C13H18N2. The van der Waals surface area contributed by atoms with Crippen molar-refractivity contribution in [3.8, 4) is 0 Å². The maximum atomic E-state index is 3.64. The van der Waals surface area contributed by atoms with Crippen molar-refractivity contribution in [2.24, 2.45) is 0 Å². The van der Waals surface area contributed by atoms with E-state index >= 15 is 0 Å². The summed E-state index contributed by atoms with van der Waals surface area (Å²) < 4.78 is 0. The first-order valence-corrected chi connectivity index (χ1v) is 6.00. The van der Waals surface area contributed by atoms with E-state index in [1.54, 1.807) is 0 Å². The number of piperazine rings is 1. The van der Waals surface area contributed by atoms with Crippen LogP contribution in [0.2, 0.25) is 0 Å². The molecular weight excluding hydrogens is 184 g/mol. The van der Waals surface area contributed by atoms with Crippen LogP contribution in [0.4, 0.5) is 5.69 Å². The lowest BCUT2D eigenvalue weighted by Gasteiger charge is -2.40. The largest absolute Gasteiger partial charge is 0.366 e. The zero-order valence-corrected chi connectivity index (χ0v) is 9.02. The minimum Gasteiger partial charge on any atom is -0.366 e. The molecule has 1 aliphatic heterocycles. The molecule has 2 atom stereocenters. The second-order valence-electron chi connectivity index (χ2n) is 4.59. The van der Waals surface area contributed by atoms with Crippen molar-refractivity contribution in [1.29, 1.82) is 0 Å². The lowest BCUT2D eigenvalue weighted by atomic mass is 10.1. The molecule has 2 fully saturated rings. The minimum atomic E-state index is 0.735. The number of hydrogen-bond acceptors (Lipinski definition) is 2. The summed E-state index contributed by atoms with van der Waals surface area (Å²) in [5, 5.41) is 3.64. The van der Waals surface area contributed by atoms with Crippen LogP contribution in [0.15, 0.2) is 30.3 Å². The van der Waals surface area contributed by atoms with Crippen LogP contribution < -0.4 is 10.2 Å². The van der Waals surface area contributed by atoms with Crippen LogP contribution in [-0.2, 0) is 0 Å². The minimum absolute atomic E-state index is 0.735. The lowest BCUT2D eigenvalue weighted by molar-refractivity contribution is 0.404. The predicted molar refractivity (Wildman–Crippen MR) is 63.2 cm³/mol. The number of fused-ring (bicyclic) bond motifs is 1. The Kier molecular flexibility index (Phi) is 2.37. The zero-order chi connectivity index (χ0) is 10.1. The molecule has 1 saturated heterocycles. The number of anilines is 1. The predicted octanol–water partition coefficient (Wildman–Crippen LogP) is 2.02. The Balaban J connectivity index is 1.85. The third-order valence-corrected chi connectivity index (χ3v) is 3.73. The van der Waals surface area contributed by atoms with Crippen molar-refractivity contribution in [2.45, 2.75) is 31.3 Å². The summed E-state index contributed by atoms with van der Waals surface area (Å²) >= 11 is 0. The standard InChI is InChI=1S/C13H18N2/c1-2-5-11(6-3-1)15-10-9-14-12-7-4-8-13(12)15/h1-3,5-6,12-14H,4,7-10H2/t12-,13+/m1/s1. The average molecular weight is 202 g/mol. The van der Waals surface area contributed by atoms with E-state index in [-0.39, 0.29) is 0 Å². The first-order valence-electron chi connectivity index (χ1n) is 6.00. The molecule has 1 N–H and O–H groups in total. The van der Waals surface area contributed by atoms with Crippen molar-refractivity contribution in [2.75, 3.05) is 18.0 Å². The van der Waals surface area contributed by atoms with E-state index in [1.807, 2.05) is 0 Å². The summed E-state index contributed by atoms with van der Waals surface area (Å²) in [5.74, 6) is 0. The molecule has 1 aromatic rings. The molecule has 0 spiro atoms. The highest BCUT2D eigenvalue weighted by Crippen LogP contribution is 2.30. The van der Waals surface area contributed by atoms with Gasteiger partial charge in [-0.1, -0.05) is 18.2 Å². The fourth-order valence-electron chi connectivity index (χ4n) is 3.03. The van der Waals surface area contributed by atoms with Gasteiger partial charge >= 0.3 is 0 Å². The average Bonchev–Trinajstić information content (AvgIpc) is 2.78. The Hall–Kier alpha value is -1.02. The van der Waals surface area contributed by atoms with E-state index in [0.717, 1.165) is 25.2 Å². The monoisotopic (exact) mass is 202 g/mol. The third-order valence-electron chi connectivity index (χ3n) is 3.73. The summed E-state index contributed by atoms with van der Waals surface area (Å²) in [7, 11) is 0. The molecule has 0 amide bonds. The first-order chi connectivity index (χ1) is 7.45. The highest BCUT2D eigenvalue weighted by molar-refractivity contribution is 5.48. The van der Waals surface area contributed by atoms with E-state index in [1.165, 1.54) is 24.9 Å². The second-order valence-corrected chi connectivity index (χ2v) is 4.59. The molecule has 1 heterocycles. The smallest absolute Gasteiger partial charge is 0.0443 e. The van der Waals surface area contributed by atoms with Gasteiger partial charge < -0.3 is 10.2 Å². The summed E-state index contributed by atoms with van der Waals surface area (Å²) in [6.45, 7) is 2.29. The third kappa shape index (κ3) is 1.63. The zero-order valence-electron chi connectivity index (χ0n) is 9.02. The molecule has 15 heavy (non-hydrogen) atoms. The van der Waals surface area contributed by atoms with Gasteiger partial charge in [0.05, 0.1) is 0 Å². The van der Waals surface area contributed by atoms with Crippen LogP contribution in [0.3, 0.4) is 0 Å². The number of para-hydroxylation sites is 1. The maximum Gasteiger partial charge on any atom is 0.0443 e. The fourth-order valence-corrected chi connectivity index (χ4v) is 3.03. The van der Waals surface area contributed by atoms with E-state index in [0.29, 0.717) is 0 Å². The second kappa shape index (κ2) is 3.86. The van der Waals surface area contributed by atoms with Gasteiger partial charge in [0, 0.05) is 30.9 Å². The van der Waals surface area contributed by atoms with Crippen LogP contribution >= 0.6 is 0 Å². The van der Waals surface area contributed by atoms with Gasteiger partial charge in [0.2, 0.25) is 0 Å². The quantitative estimate of drug-likeness (QED) is 0.749. The molecule has 2 nitrogen and oxygen atoms in total. The van der Waals surface area contributed by atoms with E-state index in [9.17, 15) is 0 Å². The van der Waals surface area contributed by atoms with Crippen LogP contribution in [0.5, 0.6) is 0 Å². The first kappa shape index (κ1) is 9.22. The van der Waals surface area contributed by atoms with Gasteiger partial charge in [-0.25, -0.2) is 0 Å². The number of benzene rings is 1. The summed E-state index contributed by atoms with van der Waals surface area (Å²) in [5.41, 5.74) is 1.40. The molecule has 0 aromatic heterocycles. The molecule has 0 bridgehead atoms. The normalized spacial score (nSPS) is 30.3. The van der Waals surface area contributed by atoms with E-state index in [2.05, 4.69) is 40.5 Å². The summed E-state index contributed by atoms with van der Waals surface area (Å²) in [6.07, 6.45) is 4.09.